The van der Waals surface area contributed by atoms with Crippen LogP contribution in [-0.2, 0) is 0 Å². The fourth-order valence-corrected chi connectivity index (χ4v) is 2.97. The topological polar surface area (TPSA) is 13.1 Å². The van der Waals surface area contributed by atoms with E-state index in [1.54, 1.807) is 0 Å². The minimum Gasteiger partial charge on any atom is -0.456 e. The second kappa shape index (κ2) is 5.03. The maximum Gasteiger partial charge on any atom is 0.135 e. The average Bonchev–Trinajstić information content (AvgIpc) is 2.92. The number of hydrogen-bond donors (Lipinski definition) is 0. The van der Waals surface area contributed by atoms with E-state index < -0.39 is 0 Å². The van der Waals surface area contributed by atoms with Crippen LogP contribution in [0.2, 0.25) is 0 Å². The van der Waals surface area contributed by atoms with E-state index in [2.05, 4.69) is 68.4 Å². The molecular weight excluding hydrogens is 268 g/mol. The van der Waals surface area contributed by atoms with Crippen LogP contribution in [0.25, 0.3) is 33.1 Å². The summed E-state index contributed by atoms with van der Waals surface area (Å²) in [6.45, 7) is 4.44. The maximum absolute atomic E-state index is 5.89. The minimum absolute atomic E-state index is 0.564. The number of fused-ring (bicyclic) bond motifs is 3. The van der Waals surface area contributed by atoms with Gasteiger partial charge in [0.05, 0.1) is 0 Å². The smallest absolute Gasteiger partial charge is 0.135 e. The van der Waals surface area contributed by atoms with Gasteiger partial charge in [0.2, 0.25) is 0 Å². The van der Waals surface area contributed by atoms with Crippen LogP contribution in [0.1, 0.15) is 25.3 Å². The average molecular weight is 286 g/mol. The number of rotatable bonds is 2. The van der Waals surface area contributed by atoms with E-state index in [0.717, 1.165) is 11.2 Å². The van der Waals surface area contributed by atoms with Crippen molar-refractivity contribution in [2.75, 3.05) is 0 Å². The molecule has 0 aliphatic rings. The van der Waals surface area contributed by atoms with Gasteiger partial charge in [-0.25, -0.2) is 0 Å². The lowest BCUT2D eigenvalue weighted by Gasteiger charge is -2.07. The van der Waals surface area contributed by atoms with E-state index in [4.69, 9.17) is 4.42 Å². The molecule has 4 aromatic rings. The van der Waals surface area contributed by atoms with Crippen molar-refractivity contribution in [2.45, 2.75) is 19.8 Å². The van der Waals surface area contributed by atoms with Gasteiger partial charge in [-0.2, -0.15) is 0 Å². The molecule has 0 aliphatic heterocycles. The first-order valence-electron chi connectivity index (χ1n) is 7.74. The van der Waals surface area contributed by atoms with Gasteiger partial charge in [-0.15, -0.1) is 0 Å². The summed E-state index contributed by atoms with van der Waals surface area (Å²) in [6.07, 6.45) is 0. The third kappa shape index (κ3) is 2.10. The van der Waals surface area contributed by atoms with Crippen molar-refractivity contribution in [3.8, 4) is 11.1 Å². The summed E-state index contributed by atoms with van der Waals surface area (Å²) in [6, 6.07) is 23.5. The molecule has 22 heavy (non-hydrogen) atoms. The highest BCUT2D eigenvalue weighted by atomic mass is 16.3. The van der Waals surface area contributed by atoms with Crippen molar-refractivity contribution in [1.82, 2.24) is 0 Å². The molecule has 108 valence electrons. The zero-order valence-electron chi connectivity index (χ0n) is 12.8. The van der Waals surface area contributed by atoms with E-state index in [-0.39, 0.29) is 0 Å². The van der Waals surface area contributed by atoms with Crippen molar-refractivity contribution in [3.05, 3.63) is 72.3 Å². The van der Waals surface area contributed by atoms with Crippen LogP contribution in [0.5, 0.6) is 0 Å². The molecule has 1 heterocycles. The lowest BCUT2D eigenvalue weighted by molar-refractivity contribution is 0.669. The molecule has 0 radical (unpaired) electrons. The lowest BCUT2D eigenvalue weighted by atomic mass is 9.98. The summed E-state index contributed by atoms with van der Waals surface area (Å²) < 4.78 is 5.89. The molecule has 0 atom stereocenters. The van der Waals surface area contributed by atoms with Crippen LogP contribution < -0.4 is 0 Å². The molecule has 0 unspecified atom stereocenters. The first kappa shape index (κ1) is 13.1. The van der Waals surface area contributed by atoms with Crippen molar-refractivity contribution in [3.63, 3.8) is 0 Å². The number of furan rings is 1. The van der Waals surface area contributed by atoms with Crippen molar-refractivity contribution >= 4 is 21.9 Å². The quantitative estimate of drug-likeness (QED) is 0.417. The third-order valence-corrected chi connectivity index (χ3v) is 4.29. The molecule has 0 amide bonds. The van der Waals surface area contributed by atoms with Gasteiger partial charge in [-0.3, -0.25) is 0 Å². The summed E-state index contributed by atoms with van der Waals surface area (Å²) in [5.74, 6) is 0.564. The zero-order chi connectivity index (χ0) is 15.1. The highest BCUT2D eigenvalue weighted by molar-refractivity contribution is 6.06. The van der Waals surface area contributed by atoms with Gasteiger partial charge in [0.1, 0.15) is 11.2 Å². The van der Waals surface area contributed by atoms with Crippen LogP contribution in [0.3, 0.4) is 0 Å². The Morgan fingerprint density at radius 1 is 0.682 bits per heavy atom. The summed E-state index contributed by atoms with van der Waals surface area (Å²) in [7, 11) is 0. The largest absolute Gasteiger partial charge is 0.456 e. The van der Waals surface area contributed by atoms with E-state index in [1.165, 1.54) is 27.5 Å². The van der Waals surface area contributed by atoms with Gasteiger partial charge in [-0.1, -0.05) is 62.4 Å². The fourth-order valence-electron chi connectivity index (χ4n) is 2.97. The summed E-state index contributed by atoms with van der Waals surface area (Å²) in [5.41, 5.74) is 5.75. The van der Waals surface area contributed by atoms with Gasteiger partial charge in [-0.05, 0) is 40.8 Å². The van der Waals surface area contributed by atoms with Crippen molar-refractivity contribution in [2.24, 2.45) is 0 Å². The standard InChI is InChI=1S/C21H18O/c1-14(2)15-7-9-16(10-8-15)17-11-12-21-19(13-17)18-5-3-4-6-20(18)22-21/h3-14H,1-2H3. The Hall–Kier alpha value is -2.54. The predicted molar refractivity (Wildman–Crippen MR) is 93.2 cm³/mol. The van der Waals surface area contributed by atoms with Crippen LogP contribution in [0.4, 0.5) is 0 Å². The van der Waals surface area contributed by atoms with Gasteiger partial charge >= 0.3 is 0 Å². The van der Waals surface area contributed by atoms with Crippen LogP contribution in [0.15, 0.2) is 71.1 Å². The van der Waals surface area contributed by atoms with E-state index in [1.807, 2.05) is 12.1 Å². The highest BCUT2D eigenvalue weighted by Gasteiger charge is 2.08. The van der Waals surface area contributed by atoms with Gasteiger partial charge in [0.15, 0.2) is 0 Å². The Labute approximate surface area is 130 Å². The van der Waals surface area contributed by atoms with Crippen LogP contribution in [-0.4, -0.2) is 0 Å². The molecule has 0 saturated heterocycles. The summed E-state index contributed by atoms with van der Waals surface area (Å²) in [5, 5.41) is 2.36. The Bertz CT molecular complexity index is 943. The Kier molecular flexibility index (Phi) is 3.00. The normalized spacial score (nSPS) is 11.6. The second-order valence-corrected chi connectivity index (χ2v) is 6.09. The minimum atomic E-state index is 0.564. The van der Waals surface area contributed by atoms with Crippen LogP contribution in [0, 0.1) is 0 Å². The van der Waals surface area contributed by atoms with Crippen molar-refractivity contribution < 1.29 is 4.42 Å². The lowest BCUT2D eigenvalue weighted by Crippen LogP contribution is -1.86. The zero-order valence-corrected chi connectivity index (χ0v) is 12.8. The molecule has 0 fully saturated rings. The van der Waals surface area contributed by atoms with Crippen LogP contribution >= 0.6 is 0 Å². The molecule has 0 N–H and O–H groups in total. The highest BCUT2D eigenvalue weighted by Crippen LogP contribution is 2.32. The molecule has 0 spiro atoms. The first-order valence-corrected chi connectivity index (χ1v) is 7.74. The molecule has 1 nitrogen and oxygen atoms in total. The van der Waals surface area contributed by atoms with Gasteiger partial charge in [0.25, 0.3) is 0 Å². The van der Waals surface area contributed by atoms with E-state index >= 15 is 0 Å². The Morgan fingerprint density at radius 2 is 1.36 bits per heavy atom. The molecule has 0 aliphatic carbocycles. The van der Waals surface area contributed by atoms with Gasteiger partial charge < -0.3 is 4.42 Å². The predicted octanol–water partition coefficient (Wildman–Crippen LogP) is 6.38. The van der Waals surface area contributed by atoms with E-state index in [9.17, 15) is 0 Å². The molecule has 1 aromatic heterocycles. The number of hydrogen-bond acceptors (Lipinski definition) is 1. The Balaban J connectivity index is 1.86. The second-order valence-electron chi connectivity index (χ2n) is 6.09. The summed E-state index contributed by atoms with van der Waals surface area (Å²) in [4.78, 5) is 0. The molecule has 3 aromatic carbocycles. The monoisotopic (exact) mass is 286 g/mol. The molecule has 0 bridgehead atoms. The molecule has 4 rings (SSSR count). The van der Waals surface area contributed by atoms with Crippen molar-refractivity contribution in [1.29, 1.82) is 0 Å². The Morgan fingerprint density at radius 3 is 2.14 bits per heavy atom. The molecule has 1 heteroatoms. The maximum atomic E-state index is 5.89. The third-order valence-electron chi connectivity index (χ3n) is 4.29. The number of benzene rings is 3. The van der Waals surface area contributed by atoms with Gasteiger partial charge in [0, 0.05) is 10.8 Å². The molecule has 0 saturated carbocycles. The number of para-hydroxylation sites is 1. The van der Waals surface area contributed by atoms with E-state index in [0.29, 0.717) is 5.92 Å². The SMILES string of the molecule is CC(C)c1ccc(-c2ccc3oc4ccccc4c3c2)cc1. The molecular formula is C21H18O. The fraction of sp³-hybridized carbons (Fsp3) is 0.143. The first-order chi connectivity index (χ1) is 10.7. The summed E-state index contributed by atoms with van der Waals surface area (Å²) >= 11 is 0.